The van der Waals surface area contributed by atoms with E-state index in [1.807, 2.05) is 0 Å². The molecule has 0 saturated heterocycles. The molecule has 0 heterocycles. The van der Waals surface area contributed by atoms with Crippen molar-refractivity contribution in [2.45, 2.75) is 11.9 Å². The second-order valence-corrected chi connectivity index (χ2v) is 6.40. The van der Waals surface area contributed by atoms with Crippen molar-refractivity contribution in [3.63, 3.8) is 0 Å². The summed E-state index contributed by atoms with van der Waals surface area (Å²) in [5, 5.41) is 2.95. The van der Waals surface area contributed by atoms with Gasteiger partial charge in [-0.15, -0.1) is 12.4 Å². The van der Waals surface area contributed by atoms with E-state index >= 15 is 0 Å². The van der Waals surface area contributed by atoms with Crippen LogP contribution in [0.3, 0.4) is 0 Å². The quantitative estimate of drug-likeness (QED) is 0.645. The van der Waals surface area contributed by atoms with Crippen molar-refractivity contribution in [1.29, 1.82) is 0 Å². The first-order valence-corrected chi connectivity index (χ1v) is 8.23. The summed E-state index contributed by atoms with van der Waals surface area (Å²) in [7, 11) is -2.12. The molecule has 10 heteroatoms. The first kappa shape index (κ1) is 22.1. The van der Waals surface area contributed by atoms with Crippen LogP contribution in [0.5, 0.6) is 0 Å². The molecule has 5 nitrogen and oxygen atoms in total. The number of methoxy groups -OCH3 is 1. The molecule has 0 aliphatic heterocycles. The van der Waals surface area contributed by atoms with Crippen LogP contribution in [0.4, 0.5) is 13.2 Å². The van der Waals surface area contributed by atoms with Gasteiger partial charge in [0.25, 0.3) is 0 Å². The van der Waals surface area contributed by atoms with Crippen molar-refractivity contribution in [1.82, 2.24) is 10.0 Å². The summed E-state index contributed by atoms with van der Waals surface area (Å²) in [5.74, 6) is -0.491. The Kier molecular flexibility index (Phi) is 9.71. The second kappa shape index (κ2) is 10.1. The SMILES string of the molecule is COCCNCCNS(=O)(=O)Cc1cccc(C(F)(F)F)c1.Cl. The summed E-state index contributed by atoms with van der Waals surface area (Å²) in [6.07, 6.45) is -4.49. The largest absolute Gasteiger partial charge is 0.416 e. The van der Waals surface area contributed by atoms with Gasteiger partial charge in [-0.1, -0.05) is 18.2 Å². The minimum Gasteiger partial charge on any atom is -0.383 e. The highest BCUT2D eigenvalue weighted by Crippen LogP contribution is 2.29. The molecule has 1 aromatic carbocycles. The highest BCUT2D eigenvalue weighted by atomic mass is 35.5. The fraction of sp³-hybridized carbons (Fsp3) is 0.538. The Morgan fingerprint density at radius 3 is 2.48 bits per heavy atom. The zero-order valence-electron chi connectivity index (χ0n) is 12.5. The van der Waals surface area contributed by atoms with E-state index < -0.39 is 27.5 Å². The van der Waals surface area contributed by atoms with Crippen molar-refractivity contribution >= 4 is 22.4 Å². The van der Waals surface area contributed by atoms with E-state index in [-0.39, 0.29) is 24.5 Å². The molecular weight excluding hydrogens is 357 g/mol. The maximum atomic E-state index is 12.6. The molecule has 0 aromatic heterocycles. The minimum absolute atomic E-state index is 0. The van der Waals surface area contributed by atoms with Gasteiger partial charge in [-0.25, -0.2) is 13.1 Å². The molecule has 0 radical (unpaired) electrons. The maximum Gasteiger partial charge on any atom is 0.416 e. The van der Waals surface area contributed by atoms with Crippen molar-refractivity contribution in [2.24, 2.45) is 0 Å². The van der Waals surface area contributed by atoms with E-state index in [2.05, 4.69) is 10.0 Å². The lowest BCUT2D eigenvalue weighted by Crippen LogP contribution is -2.33. The van der Waals surface area contributed by atoms with Gasteiger partial charge in [0.15, 0.2) is 0 Å². The molecule has 1 aromatic rings. The molecular formula is C13H20ClF3N2O3S. The molecule has 0 aliphatic rings. The molecule has 23 heavy (non-hydrogen) atoms. The monoisotopic (exact) mass is 376 g/mol. The van der Waals surface area contributed by atoms with E-state index in [0.717, 1.165) is 12.1 Å². The van der Waals surface area contributed by atoms with Crippen molar-refractivity contribution in [2.75, 3.05) is 33.4 Å². The average molecular weight is 377 g/mol. The Morgan fingerprint density at radius 2 is 1.87 bits per heavy atom. The van der Waals surface area contributed by atoms with Gasteiger partial charge in [-0.2, -0.15) is 13.2 Å². The number of sulfonamides is 1. The third kappa shape index (κ3) is 9.11. The number of alkyl halides is 3. The number of nitrogens with one attached hydrogen (secondary N) is 2. The Hall–Kier alpha value is -0.870. The standard InChI is InChI=1S/C13H19F3N2O3S.ClH/c1-21-8-7-17-5-6-18-22(19,20)10-11-3-2-4-12(9-11)13(14,15)16;/h2-4,9,17-18H,5-8,10H2,1H3;1H. The van der Waals surface area contributed by atoms with Crippen LogP contribution in [0.25, 0.3) is 0 Å². The minimum atomic E-state index is -4.49. The summed E-state index contributed by atoms with van der Waals surface area (Å²) in [5.41, 5.74) is -0.768. The topological polar surface area (TPSA) is 67.4 Å². The van der Waals surface area contributed by atoms with Gasteiger partial charge >= 0.3 is 6.18 Å². The van der Waals surface area contributed by atoms with E-state index in [1.165, 1.54) is 12.1 Å². The van der Waals surface area contributed by atoms with Crippen LogP contribution in [0.15, 0.2) is 24.3 Å². The summed E-state index contributed by atoms with van der Waals surface area (Å²) >= 11 is 0. The molecule has 1 rings (SSSR count). The van der Waals surface area contributed by atoms with Gasteiger partial charge in [0.1, 0.15) is 0 Å². The van der Waals surface area contributed by atoms with E-state index in [0.29, 0.717) is 19.7 Å². The summed E-state index contributed by atoms with van der Waals surface area (Å²) in [4.78, 5) is 0. The van der Waals surface area contributed by atoms with Gasteiger partial charge in [0.2, 0.25) is 10.0 Å². The van der Waals surface area contributed by atoms with E-state index in [9.17, 15) is 21.6 Å². The number of ether oxygens (including phenoxy) is 1. The fourth-order valence-electron chi connectivity index (χ4n) is 1.70. The molecule has 0 atom stereocenters. The molecule has 2 N–H and O–H groups in total. The molecule has 0 bridgehead atoms. The normalized spacial score (nSPS) is 12.0. The van der Waals surface area contributed by atoms with Gasteiger partial charge in [0, 0.05) is 26.7 Å². The molecule has 0 spiro atoms. The zero-order chi connectivity index (χ0) is 16.6. The highest BCUT2D eigenvalue weighted by molar-refractivity contribution is 7.88. The van der Waals surface area contributed by atoms with Crippen LogP contribution in [0, 0.1) is 0 Å². The predicted octanol–water partition coefficient (Wildman–Crippen LogP) is 1.78. The van der Waals surface area contributed by atoms with Crippen molar-refractivity contribution in [3.05, 3.63) is 35.4 Å². The number of hydrogen-bond acceptors (Lipinski definition) is 4. The van der Waals surface area contributed by atoms with Crippen molar-refractivity contribution < 1.29 is 26.3 Å². The Morgan fingerprint density at radius 1 is 1.17 bits per heavy atom. The fourth-order valence-corrected chi connectivity index (χ4v) is 2.84. The van der Waals surface area contributed by atoms with Crippen LogP contribution in [0.1, 0.15) is 11.1 Å². The smallest absolute Gasteiger partial charge is 0.383 e. The average Bonchev–Trinajstić information content (AvgIpc) is 2.41. The molecule has 134 valence electrons. The molecule has 0 amide bonds. The molecule has 0 aliphatic carbocycles. The third-order valence-electron chi connectivity index (χ3n) is 2.72. The summed E-state index contributed by atoms with van der Waals surface area (Å²) in [6.45, 7) is 1.67. The van der Waals surface area contributed by atoms with Crippen LogP contribution in [-0.2, 0) is 26.7 Å². The Bertz CT molecular complexity index is 568. The number of halogens is 4. The lowest BCUT2D eigenvalue weighted by Gasteiger charge is -2.10. The molecule has 0 unspecified atom stereocenters. The number of rotatable bonds is 9. The van der Waals surface area contributed by atoms with Gasteiger partial charge in [-0.05, 0) is 11.6 Å². The maximum absolute atomic E-state index is 12.6. The lowest BCUT2D eigenvalue weighted by atomic mass is 10.1. The number of hydrogen-bond donors (Lipinski definition) is 2. The van der Waals surface area contributed by atoms with Crippen LogP contribution in [0.2, 0.25) is 0 Å². The van der Waals surface area contributed by atoms with Gasteiger partial charge < -0.3 is 10.1 Å². The Balaban J connectivity index is 0.00000484. The third-order valence-corrected chi connectivity index (χ3v) is 4.08. The first-order chi connectivity index (χ1) is 10.2. The van der Waals surface area contributed by atoms with Gasteiger partial charge in [0.05, 0.1) is 17.9 Å². The van der Waals surface area contributed by atoms with Crippen LogP contribution < -0.4 is 10.0 Å². The lowest BCUT2D eigenvalue weighted by molar-refractivity contribution is -0.137. The van der Waals surface area contributed by atoms with E-state index in [1.54, 1.807) is 7.11 Å². The Labute approximate surface area is 140 Å². The zero-order valence-corrected chi connectivity index (χ0v) is 14.2. The van der Waals surface area contributed by atoms with Crippen molar-refractivity contribution in [3.8, 4) is 0 Å². The van der Waals surface area contributed by atoms with Crippen LogP contribution in [-0.4, -0.2) is 41.8 Å². The molecule has 0 fully saturated rings. The number of benzene rings is 1. The summed E-state index contributed by atoms with van der Waals surface area (Å²) < 4.78 is 68.5. The summed E-state index contributed by atoms with van der Waals surface area (Å²) in [6, 6.07) is 4.30. The second-order valence-electron chi connectivity index (χ2n) is 4.59. The first-order valence-electron chi connectivity index (χ1n) is 6.58. The highest BCUT2D eigenvalue weighted by Gasteiger charge is 2.30. The van der Waals surface area contributed by atoms with Crippen LogP contribution >= 0.6 is 12.4 Å². The van der Waals surface area contributed by atoms with Gasteiger partial charge in [-0.3, -0.25) is 0 Å². The molecule has 0 saturated carbocycles. The van der Waals surface area contributed by atoms with E-state index in [4.69, 9.17) is 4.74 Å². The predicted molar refractivity (Wildman–Crippen MR) is 84.1 cm³/mol.